The van der Waals surface area contributed by atoms with E-state index in [9.17, 15) is 0 Å². The summed E-state index contributed by atoms with van der Waals surface area (Å²) in [5.74, 6) is 4.85. The maximum atomic E-state index is 5.41. The third kappa shape index (κ3) is 3.47. The quantitative estimate of drug-likeness (QED) is 0.780. The van der Waals surface area contributed by atoms with E-state index >= 15 is 0 Å². The highest BCUT2D eigenvalue weighted by Gasteiger charge is 2.29. The summed E-state index contributed by atoms with van der Waals surface area (Å²) in [5.41, 5.74) is 1.37. The van der Waals surface area contributed by atoms with Crippen molar-refractivity contribution in [1.82, 2.24) is 0 Å². The van der Waals surface area contributed by atoms with Crippen molar-refractivity contribution in [2.45, 2.75) is 46.0 Å². The number of rotatable bonds is 4. The zero-order valence-electron chi connectivity index (χ0n) is 13.5. The van der Waals surface area contributed by atoms with Crippen LogP contribution in [0.25, 0.3) is 0 Å². The van der Waals surface area contributed by atoms with Gasteiger partial charge in [0.25, 0.3) is 0 Å². The van der Waals surface area contributed by atoms with Crippen LogP contribution in [0.2, 0.25) is 0 Å². The van der Waals surface area contributed by atoms with Gasteiger partial charge in [0.05, 0.1) is 14.2 Å². The molecule has 1 aliphatic carbocycles. The molecule has 0 heterocycles. The molecule has 20 heavy (non-hydrogen) atoms. The first-order chi connectivity index (χ1) is 9.53. The summed E-state index contributed by atoms with van der Waals surface area (Å²) in [7, 11) is 3.44. The van der Waals surface area contributed by atoms with Gasteiger partial charge in [-0.1, -0.05) is 20.8 Å². The van der Waals surface area contributed by atoms with Crippen LogP contribution < -0.4 is 9.47 Å². The van der Waals surface area contributed by atoms with E-state index in [0.717, 1.165) is 29.3 Å². The van der Waals surface area contributed by atoms with Gasteiger partial charge in [0.15, 0.2) is 0 Å². The van der Waals surface area contributed by atoms with Gasteiger partial charge in [0.2, 0.25) is 0 Å². The van der Waals surface area contributed by atoms with E-state index in [2.05, 4.69) is 32.9 Å². The molecule has 1 saturated carbocycles. The van der Waals surface area contributed by atoms with Gasteiger partial charge in [-0.15, -0.1) is 0 Å². The Balaban J connectivity index is 2.25. The molecule has 1 aliphatic rings. The SMILES string of the molecule is COc1cc(OC)cc(C2C[C@H](C)C[C@@H](C(C)C)C2)c1. The maximum absolute atomic E-state index is 5.41. The number of ether oxygens (including phenoxy) is 2. The average Bonchev–Trinajstić information content (AvgIpc) is 2.45. The summed E-state index contributed by atoms with van der Waals surface area (Å²) in [4.78, 5) is 0. The van der Waals surface area contributed by atoms with Crippen LogP contribution in [0.3, 0.4) is 0 Å². The Kier molecular flexibility index (Phi) is 4.95. The van der Waals surface area contributed by atoms with Gasteiger partial charge in [-0.05, 0) is 60.6 Å². The van der Waals surface area contributed by atoms with Gasteiger partial charge in [0.1, 0.15) is 11.5 Å². The van der Waals surface area contributed by atoms with Gasteiger partial charge < -0.3 is 9.47 Å². The monoisotopic (exact) mass is 276 g/mol. The minimum absolute atomic E-state index is 0.634. The van der Waals surface area contributed by atoms with Crippen LogP contribution in [0.5, 0.6) is 11.5 Å². The molecule has 1 aromatic carbocycles. The van der Waals surface area contributed by atoms with Crippen molar-refractivity contribution in [1.29, 1.82) is 0 Å². The Bertz CT molecular complexity index is 417. The first-order valence-corrected chi connectivity index (χ1v) is 7.76. The highest BCUT2D eigenvalue weighted by atomic mass is 16.5. The van der Waals surface area contributed by atoms with Crippen LogP contribution in [-0.2, 0) is 0 Å². The van der Waals surface area contributed by atoms with E-state index in [4.69, 9.17) is 9.47 Å². The first-order valence-electron chi connectivity index (χ1n) is 7.76. The van der Waals surface area contributed by atoms with Crippen LogP contribution >= 0.6 is 0 Å². The van der Waals surface area contributed by atoms with Crippen LogP contribution in [-0.4, -0.2) is 14.2 Å². The molecule has 0 bridgehead atoms. The Hall–Kier alpha value is -1.18. The zero-order chi connectivity index (χ0) is 14.7. The third-order valence-electron chi connectivity index (χ3n) is 4.77. The molecule has 0 radical (unpaired) electrons. The topological polar surface area (TPSA) is 18.5 Å². The van der Waals surface area contributed by atoms with Crippen molar-refractivity contribution < 1.29 is 9.47 Å². The van der Waals surface area contributed by atoms with Crippen molar-refractivity contribution in [2.24, 2.45) is 17.8 Å². The Morgan fingerprint density at radius 1 is 0.950 bits per heavy atom. The number of benzene rings is 1. The molecule has 0 aliphatic heterocycles. The van der Waals surface area contributed by atoms with Crippen molar-refractivity contribution >= 4 is 0 Å². The maximum Gasteiger partial charge on any atom is 0.122 e. The summed E-state index contributed by atoms with van der Waals surface area (Å²) < 4.78 is 10.8. The predicted molar refractivity (Wildman–Crippen MR) is 83.6 cm³/mol. The molecule has 1 aromatic rings. The van der Waals surface area contributed by atoms with Crippen LogP contribution in [0.4, 0.5) is 0 Å². The lowest BCUT2D eigenvalue weighted by molar-refractivity contribution is 0.202. The summed E-state index contributed by atoms with van der Waals surface area (Å²) in [6.45, 7) is 7.09. The molecule has 0 saturated heterocycles. The molecule has 2 rings (SSSR count). The van der Waals surface area contributed by atoms with Crippen LogP contribution in [0.1, 0.15) is 51.5 Å². The molecule has 2 heteroatoms. The number of hydrogen-bond acceptors (Lipinski definition) is 2. The van der Waals surface area contributed by atoms with Gasteiger partial charge in [0, 0.05) is 6.07 Å². The molecular formula is C18H28O2. The van der Waals surface area contributed by atoms with E-state index in [1.165, 1.54) is 24.8 Å². The smallest absolute Gasteiger partial charge is 0.122 e. The predicted octanol–water partition coefficient (Wildman–Crippen LogP) is 4.88. The van der Waals surface area contributed by atoms with Gasteiger partial charge in [-0.3, -0.25) is 0 Å². The van der Waals surface area contributed by atoms with Gasteiger partial charge >= 0.3 is 0 Å². The van der Waals surface area contributed by atoms with Crippen molar-refractivity contribution in [3.8, 4) is 11.5 Å². The second-order valence-corrected chi connectivity index (χ2v) is 6.66. The van der Waals surface area contributed by atoms with E-state index in [0.29, 0.717) is 5.92 Å². The number of hydrogen-bond donors (Lipinski definition) is 0. The van der Waals surface area contributed by atoms with E-state index < -0.39 is 0 Å². The van der Waals surface area contributed by atoms with E-state index in [1.54, 1.807) is 14.2 Å². The Morgan fingerprint density at radius 2 is 1.55 bits per heavy atom. The van der Waals surface area contributed by atoms with E-state index in [1.807, 2.05) is 6.07 Å². The molecular weight excluding hydrogens is 248 g/mol. The lowest BCUT2D eigenvalue weighted by atomic mass is 9.70. The van der Waals surface area contributed by atoms with Crippen molar-refractivity contribution in [2.75, 3.05) is 14.2 Å². The zero-order valence-corrected chi connectivity index (χ0v) is 13.5. The van der Waals surface area contributed by atoms with Crippen molar-refractivity contribution in [3.63, 3.8) is 0 Å². The fraction of sp³-hybridized carbons (Fsp3) is 0.667. The van der Waals surface area contributed by atoms with Crippen LogP contribution in [0.15, 0.2) is 18.2 Å². The third-order valence-corrected chi connectivity index (χ3v) is 4.77. The average molecular weight is 276 g/mol. The summed E-state index contributed by atoms with van der Waals surface area (Å²) >= 11 is 0. The second-order valence-electron chi connectivity index (χ2n) is 6.66. The van der Waals surface area contributed by atoms with Crippen LogP contribution in [0, 0.1) is 17.8 Å². The fourth-order valence-electron chi connectivity index (χ4n) is 3.54. The molecule has 1 unspecified atom stereocenters. The first kappa shape index (κ1) is 15.2. The summed E-state index contributed by atoms with van der Waals surface area (Å²) in [6, 6.07) is 6.32. The van der Waals surface area contributed by atoms with Crippen molar-refractivity contribution in [3.05, 3.63) is 23.8 Å². The van der Waals surface area contributed by atoms with E-state index in [-0.39, 0.29) is 0 Å². The molecule has 0 spiro atoms. The molecule has 0 N–H and O–H groups in total. The lowest BCUT2D eigenvalue weighted by Gasteiger charge is -2.36. The molecule has 3 atom stereocenters. The van der Waals surface area contributed by atoms with Gasteiger partial charge in [-0.25, -0.2) is 0 Å². The fourth-order valence-corrected chi connectivity index (χ4v) is 3.54. The Labute approximate surface area is 123 Å². The number of methoxy groups -OCH3 is 2. The summed E-state index contributed by atoms with van der Waals surface area (Å²) in [5, 5.41) is 0. The largest absolute Gasteiger partial charge is 0.497 e. The van der Waals surface area contributed by atoms with Gasteiger partial charge in [-0.2, -0.15) is 0 Å². The normalized spacial score (nSPS) is 26.6. The molecule has 0 amide bonds. The highest BCUT2D eigenvalue weighted by molar-refractivity contribution is 5.40. The lowest BCUT2D eigenvalue weighted by Crippen LogP contribution is -2.23. The Morgan fingerprint density at radius 3 is 2.05 bits per heavy atom. The minimum Gasteiger partial charge on any atom is -0.497 e. The summed E-state index contributed by atoms with van der Waals surface area (Å²) in [6.07, 6.45) is 3.94. The molecule has 2 nitrogen and oxygen atoms in total. The standard InChI is InChI=1S/C18H28O2/c1-12(2)14-6-13(3)7-15(8-14)16-9-17(19-4)11-18(10-16)20-5/h9-15H,6-8H2,1-5H3/t13-,14-,15?/m1/s1. The highest BCUT2D eigenvalue weighted by Crippen LogP contribution is 2.43. The molecule has 0 aromatic heterocycles. The second kappa shape index (κ2) is 6.51. The minimum atomic E-state index is 0.634. The molecule has 112 valence electrons. The molecule has 1 fully saturated rings.